The van der Waals surface area contributed by atoms with Gasteiger partial charge in [0.2, 0.25) is 0 Å². The molecule has 0 saturated carbocycles. The minimum Gasteiger partial charge on any atom is -0.487 e. The number of hydrogen-bond donors (Lipinski definition) is 1. The predicted molar refractivity (Wildman–Crippen MR) is 93.3 cm³/mol. The predicted octanol–water partition coefficient (Wildman–Crippen LogP) is 3.93. The van der Waals surface area contributed by atoms with E-state index in [4.69, 9.17) is 21.1 Å². The molecule has 0 unspecified atom stereocenters. The largest absolute Gasteiger partial charge is 0.487 e. The van der Waals surface area contributed by atoms with Crippen LogP contribution in [0.25, 0.3) is 0 Å². The van der Waals surface area contributed by atoms with Crippen LogP contribution in [0.1, 0.15) is 11.8 Å². The summed E-state index contributed by atoms with van der Waals surface area (Å²) >= 11 is 7.33. The Kier molecular flexibility index (Phi) is 6.29. The van der Waals surface area contributed by atoms with Gasteiger partial charge in [-0.3, -0.25) is 4.72 Å². The molecule has 8 heteroatoms. The fourth-order valence-electron chi connectivity index (χ4n) is 1.83. The van der Waals surface area contributed by atoms with Gasteiger partial charge in [-0.2, -0.15) is 0 Å². The van der Waals surface area contributed by atoms with E-state index in [9.17, 15) is 8.42 Å². The monoisotopic (exact) mass is 375 g/mol. The van der Waals surface area contributed by atoms with Crippen LogP contribution in [0.3, 0.4) is 0 Å². The zero-order valence-corrected chi connectivity index (χ0v) is 15.2. The third-order valence-electron chi connectivity index (χ3n) is 2.87. The normalized spacial score (nSPS) is 11.4. The first-order valence-electron chi connectivity index (χ1n) is 7.02. The number of ether oxygens (including phenoxy) is 2. The van der Waals surface area contributed by atoms with Gasteiger partial charge in [0.15, 0.2) is 5.75 Å². The average Bonchev–Trinajstić information content (AvgIpc) is 2.93. The molecule has 1 aromatic carbocycles. The summed E-state index contributed by atoms with van der Waals surface area (Å²) in [4.78, 5) is 0.921. The highest BCUT2D eigenvalue weighted by Gasteiger charge is 2.19. The van der Waals surface area contributed by atoms with Crippen LogP contribution in [0.5, 0.6) is 5.75 Å². The number of nitrogens with one attached hydrogen (secondary N) is 1. The number of benzene rings is 1. The summed E-state index contributed by atoms with van der Waals surface area (Å²) in [5.41, 5.74) is 0.306. The molecule has 2 aromatic rings. The second-order valence-corrected chi connectivity index (χ2v) is 8.24. The first kappa shape index (κ1) is 18.1. The summed E-state index contributed by atoms with van der Waals surface area (Å²) < 4.78 is 38.4. The maximum absolute atomic E-state index is 12.4. The molecule has 0 aliphatic heterocycles. The van der Waals surface area contributed by atoms with Crippen molar-refractivity contribution in [3.63, 3.8) is 0 Å². The van der Waals surface area contributed by atoms with Crippen LogP contribution in [-0.4, -0.2) is 28.2 Å². The summed E-state index contributed by atoms with van der Waals surface area (Å²) in [6, 6.07) is 8.25. The fourth-order valence-corrected chi connectivity index (χ4v) is 4.41. The van der Waals surface area contributed by atoms with Crippen LogP contribution in [0.15, 0.2) is 34.5 Å². The quantitative estimate of drug-likeness (QED) is 0.710. The van der Waals surface area contributed by atoms with E-state index >= 15 is 0 Å². The van der Waals surface area contributed by atoms with Crippen molar-refractivity contribution in [1.29, 1.82) is 0 Å². The van der Waals surface area contributed by atoms with Crippen molar-refractivity contribution in [2.75, 3.05) is 24.5 Å². The highest BCUT2D eigenvalue weighted by atomic mass is 35.5. The lowest BCUT2D eigenvalue weighted by Gasteiger charge is -2.14. The fraction of sp³-hybridized carbons (Fsp3) is 0.333. The smallest absolute Gasteiger partial charge is 0.271 e. The zero-order valence-electron chi connectivity index (χ0n) is 12.8. The van der Waals surface area contributed by atoms with Gasteiger partial charge in [0.05, 0.1) is 17.3 Å². The van der Waals surface area contributed by atoms with Gasteiger partial charge in [-0.05, 0) is 38.1 Å². The van der Waals surface area contributed by atoms with E-state index < -0.39 is 10.0 Å². The van der Waals surface area contributed by atoms with Gasteiger partial charge in [-0.25, -0.2) is 8.42 Å². The van der Waals surface area contributed by atoms with Crippen LogP contribution < -0.4 is 9.46 Å². The van der Waals surface area contributed by atoms with Crippen LogP contribution >= 0.6 is 22.9 Å². The van der Waals surface area contributed by atoms with Crippen molar-refractivity contribution in [2.45, 2.75) is 18.1 Å². The van der Waals surface area contributed by atoms with Crippen LogP contribution in [-0.2, 0) is 14.8 Å². The highest BCUT2D eigenvalue weighted by molar-refractivity contribution is 7.94. The van der Waals surface area contributed by atoms with Crippen LogP contribution in [0.2, 0.25) is 5.02 Å². The number of aryl methyl sites for hydroxylation is 1. The molecule has 0 amide bonds. The second-order valence-electron chi connectivity index (χ2n) is 4.63. The molecule has 5 nitrogen and oxygen atoms in total. The Balaban J connectivity index is 2.20. The number of hydrogen-bond acceptors (Lipinski definition) is 5. The van der Waals surface area contributed by atoms with Crippen molar-refractivity contribution in [1.82, 2.24) is 0 Å². The number of halogens is 1. The molecule has 0 bridgehead atoms. The van der Waals surface area contributed by atoms with Crippen LogP contribution in [0, 0.1) is 6.92 Å². The van der Waals surface area contributed by atoms with E-state index in [1.807, 2.05) is 13.8 Å². The van der Waals surface area contributed by atoms with Gasteiger partial charge < -0.3 is 9.47 Å². The average molecular weight is 376 g/mol. The Bertz CT molecular complexity index is 759. The Morgan fingerprint density at radius 2 is 2.00 bits per heavy atom. The topological polar surface area (TPSA) is 64.6 Å². The molecular weight excluding hydrogens is 358 g/mol. The number of sulfonamides is 1. The second kappa shape index (κ2) is 8.01. The third kappa shape index (κ3) is 4.84. The number of para-hydroxylation sites is 1. The molecule has 0 aliphatic carbocycles. The standard InChI is InChI=1S/C15H18ClNO4S2/c1-3-20-9-10-21-15-12(16)5-4-6-13(15)17-23(18,19)14-8-7-11(2)22-14/h4-8,17H,3,9-10H2,1-2H3. The molecule has 0 spiro atoms. The van der Waals surface area contributed by atoms with E-state index in [2.05, 4.69) is 4.72 Å². The van der Waals surface area contributed by atoms with Gasteiger partial charge in [-0.1, -0.05) is 17.7 Å². The van der Waals surface area contributed by atoms with Crippen LogP contribution in [0.4, 0.5) is 5.69 Å². The molecule has 0 saturated heterocycles. The van der Waals surface area contributed by atoms with Gasteiger partial charge >= 0.3 is 0 Å². The van der Waals surface area contributed by atoms with Crippen molar-refractivity contribution >= 4 is 38.6 Å². The Morgan fingerprint density at radius 1 is 1.22 bits per heavy atom. The van der Waals surface area contributed by atoms with Gasteiger partial charge in [0.1, 0.15) is 10.8 Å². The molecule has 0 fully saturated rings. The molecule has 1 aromatic heterocycles. The summed E-state index contributed by atoms with van der Waals surface area (Å²) in [6.45, 7) is 5.01. The number of anilines is 1. The van der Waals surface area contributed by atoms with Crippen molar-refractivity contribution in [2.24, 2.45) is 0 Å². The molecule has 23 heavy (non-hydrogen) atoms. The molecule has 2 rings (SSSR count). The number of thiophene rings is 1. The van der Waals surface area contributed by atoms with E-state index in [-0.39, 0.29) is 10.8 Å². The lowest BCUT2D eigenvalue weighted by atomic mass is 10.3. The third-order valence-corrected chi connectivity index (χ3v) is 6.03. The lowest BCUT2D eigenvalue weighted by Crippen LogP contribution is -2.14. The molecular formula is C15H18ClNO4S2. The van der Waals surface area contributed by atoms with E-state index in [0.29, 0.717) is 29.7 Å². The summed E-state index contributed by atoms with van der Waals surface area (Å²) in [7, 11) is -3.67. The summed E-state index contributed by atoms with van der Waals surface area (Å²) in [6.07, 6.45) is 0. The maximum Gasteiger partial charge on any atom is 0.271 e. The van der Waals surface area contributed by atoms with Crippen molar-refractivity contribution in [3.8, 4) is 5.75 Å². The number of rotatable bonds is 8. The first-order valence-corrected chi connectivity index (χ1v) is 9.70. The van der Waals surface area contributed by atoms with E-state index in [0.717, 1.165) is 4.88 Å². The SMILES string of the molecule is CCOCCOc1c(Cl)cccc1NS(=O)(=O)c1ccc(C)s1. The highest BCUT2D eigenvalue weighted by Crippen LogP contribution is 2.35. The van der Waals surface area contributed by atoms with E-state index in [1.54, 1.807) is 30.3 Å². The maximum atomic E-state index is 12.4. The Labute approximate surface area is 145 Å². The lowest BCUT2D eigenvalue weighted by molar-refractivity contribution is 0.110. The molecule has 0 aliphatic rings. The van der Waals surface area contributed by atoms with E-state index in [1.165, 1.54) is 11.3 Å². The first-order chi connectivity index (χ1) is 10.9. The molecule has 0 radical (unpaired) electrons. The zero-order chi connectivity index (χ0) is 16.9. The summed E-state index contributed by atoms with van der Waals surface area (Å²) in [5, 5.41) is 0.337. The minimum atomic E-state index is -3.67. The Hall–Kier alpha value is -1.28. The van der Waals surface area contributed by atoms with Gasteiger partial charge in [0, 0.05) is 11.5 Å². The van der Waals surface area contributed by atoms with Crippen molar-refractivity contribution in [3.05, 3.63) is 40.2 Å². The van der Waals surface area contributed by atoms with Crippen molar-refractivity contribution < 1.29 is 17.9 Å². The van der Waals surface area contributed by atoms with Gasteiger partial charge in [0.25, 0.3) is 10.0 Å². The Morgan fingerprint density at radius 3 is 2.65 bits per heavy atom. The molecule has 1 N–H and O–H groups in total. The molecule has 1 heterocycles. The molecule has 0 atom stereocenters. The molecule has 126 valence electrons. The van der Waals surface area contributed by atoms with Gasteiger partial charge in [-0.15, -0.1) is 11.3 Å². The summed E-state index contributed by atoms with van der Waals surface area (Å²) in [5.74, 6) is 0.297. The minimum absolute atomic E-state index is 0.246.